The average molecular weight is 545 g/mol. The molecule has 0 saturated carbocycles. The number of carbonyl (C=O) groups is 2. The molecular weight excluding hydrogens is 515 g/mol. The van der Waals surface area contributed by atoms with Crippen molar-refractivity contribution in [3.8, 4) is 11.5 Å². The number of carbonyl (C=O) groups excluding carboxylic acids is 2. The third-order valence-corrected chi connectivity index (χ3v) is 6.39. The van der Waals surface area contributed by atoms with Crippen LogP contribution in [-0.2, 0) is 29.0 Å². The highest BCUT2D eigenvalue weighted by molar-refractivity contribution is 7.80. The molecule has 1 aliphatic heterocycles. The molecule has 1 N–H and O–H groups in total. The van der Waals surface area contributed by atoms with Crippen LogP contribution < -0.4 is 19.7 Å². The van der Waals surface area contributed by atoms with Crippen LogP contribution in [0, 0.1) is 5.82 Å². The second kappa shape index (κ2) is 12.5. The number of aryl methyl sites for hydroxylation is 1. The molecule has 0 aliphatic carbocycles. The summed E-state index contributed by atoms with van der Waals surface area (Å²) in [6.07, 6.45) is 4.53. The number of allylic oxidation sites excluding steroid dienone is 1. The molecule has 1 saturated heterocycles. The second-order valence-corrected chi connectivity index (χ2v) is 9.22. The van der Waals surface area contributed by atoms with Crippen LogP contribution in [0.15, 0.2) is 78.9 Å². The van der Waals surface area contributed by atoms with Crippen molar-refractivity contribution in [2.45, 2.75) is 33.3 Å². The number of hydrogen-bond donors (Lipinski definition) is 1. The van der Waals surface area contributed by atoms with Crippen LogP contribution >= 0.6 is 12.2 Å². The Kier molecular flexibility index (Phi) is 8.88. The van der Waals surface area contributed by atoms with E-state index in [1.807, 2.05) is 32.0 Å². The van der Waals surface area contributed by atoms with E-state index in [4.69, 9.17) is 21.7 Å². The second-order valence-electron chi connectivity index (χ2n) is 8.83. The molecule has 3 aromatic rings. The monoisotopic (exact) mass is 544 g/mol. The summed E-state index contributed by atoms with van der Waals surface area (Å²) in [6.45, 7) is 8.21. The predicted molar refractivity (Wildman–Crippen MR) is 154 cm³/mol. The van der Waals surface area contributed by atoms with Crippen LogP contribution in [0.2, 0.25) is 0 Å². The zero-order valence-corrected chi connectivity index (χ0v) is 22.6. The molecule has 0 aromatic heterocycles. The molecule has 0 unspecified atom stereocenters. The summed E-state index contributed by atoms with van der Waals surface area (Å²) in [4.78, 5) is 27.7. The Morgan fingerprint density at radius 1 is 1.03 bits per heavy atom. The van der Waals surface area contributed by atoms with Gasteiger partial charge in [0.15, 0.2) is 16.6 Å². The minimum absolute atomic E-state index is 0.0230. The summed E-state index contributed by atoms with van der Waals surface area (Å²) in [6, 6.07) is 17.1. The fourth-order valence-corrected chi connectivity index (χ4v) is 4.50. The normalized spacial score (nSPS) is 14.4. The van der Waals surface area contributed by atoms with Gasteiger partial charge in [0, 0.05) is 5.56 Å². The molecule has 39 heavy (non-hydrogen) atoms. The molecule has 200 valence electrons. The van der Waals surface area contributed by atoms with Crippen molar-refractivity contribution in [3.05, 3.63) is 107 Å². The maximum absolute atomic E-state index is 13.7. The van der Waals surface area contributed by atoms with Crippen molar-refractivity contribution in [2.75, 3.05) is 11.5 Å². The first-order valence-corrected chi connectivity index (χ1v) is 13.0. The molecule has 0 radical (unpaired) electrons. The van der Waals surface area contributed by atoms with Crippen molar-refractivity contribution in [1.82, 2.24) is 5.32 Å². The Bertz CT molecular complexity index is 1450. The van der Waals surface area contributed by atoms with Gasteiger partial charge in [-0.15, -0.1) is 6.58 Å². The number of benzene rings is 3. The molecule has 0 spiro atoms. The summed E-state index contributed by atoms with van der Waals surface area (Å²) in [5, 5.41) is 2.64. The number of ether oxygens (including phenoxy) is 2. The average Bonchev–Trinajstić information content (AvgIpc) is 2.91. The van der Waals surface area contributed by atoms with E-state index in [2.05, 4.69) is 11.9 Å². The van der Waals surface area contributed by atoms with Gasteiger partial charge in [0.1, 0.15) is 18.0 Å². The lowest BCUT2D eigenvalue weighted by Gasteiger charge is -2.29. The highest BCUT2D eigenvalue weighted by Crippen LogP contribution is 2.36. The topological polar surface area (TPSA) is 67.9 Å². The first-order valence-electron chi connectivity index (χ1n) is 12.6. The number of nitrogens with one attached hydrogen (secondary N) is 1. The van der Waals surface area contributed by atoms with Crippen LogP contribution in [0.3, 0.4) is 0 Å². The van der Waals surface area contributed by atoms with Gasteiger partial charge in [-0.25, -0.2) is 4.39 Å². The summed E-state index contributed by atoms with van der Waals surface area (Å²) in [7, 11) is 0. The van der Waals surface area contributed by atoms with E-state index >= 15 is 0 Å². The first kappa shape index (κ1) is 27.7. The largest absolute Gasteiger partial charge is 0.490 e. The Labute approximate surface area is 232 Å². The first-order chi connectivity index (χ1) is 18.8. The van der Waals surface area contributed by atoms with E-state index in [0.717, 1.165) is 17.5 Å². The predicted octanol–water partition coefficient (Wildman–Crippen LogP) is 5.93. The minimum Gasteiger partial charge on any atom is -0.490 e. The van der Waals surface area contributed by atoms with Gasteiger partial charge in [-0.1, -0.05) is 37.3 Å². The number of thiocarbonyl (C=S) groups is 1. The molecule has 1 fully saturated rings. The SMILES string of the molecule is C=CCc1cc(/C=C2\C(=O)NC(=S)N(c3ccc(CC)cc3)C2=O)cc(OCC)c1OCc1cccc(F)c1. The van der Waals surface area contributed by atoms with Gasteiger partial charge in [-0.2, -0.15) is 0 Å². The molecule has 0 bridgehead atoms. The van der Waals surface area contributed by atoms with Crippen molar-refractivity contribution >= 4 is 40.9 Å². The van der Waals surface area contributed by atoms with Crippen LogP contribution in [0.5, 0.6) is 11.5 Å². The van der Waals surface area contributed by atoms with Crippen molar-refractivity contribution in [3.63, 3.8) is 0 Å². The Hall–Kier alpha value is -4.30. The van der Waals surface area contributed by atoms with Gasteiger partial charge in [-0.3, -0.25) is 19.8 Å². The summed E-state index contributed by atoms with van der Waals surface area (Å²) in [5.41, 5.74) is 3.60. The summed E-state index contributed by atoms with van der Waals surface area (Å²) in [5.74, 6) is -0.531. The fraction of sp³-hybridized carbons (Fsp3) is 0.194. The molecule has 1 heterocycles. The lowest BCUT2D eigenvalue weighted by molar-refractivity contribution is -0.122. The maximum atomic E-state index is 13.7. The number of amides is 2. The Balaban J connectivity index is 1.71. The van der Waals surface area contributed by atoms with Gasteiger partial charge in [0.25, 0.3) is 11.8 Å². The van der Waals surface area contributed by atoms with Gasteiger partial charge < -0.3 is 9.47 Å². The zero-order chi connectivity index (χ0) is 27.9. The van der Waals surface area contributed by atoms with E-state index < -0.39 is 11.8 Å². The molecule has 4 rings (SSSR count). The van der Waals surface area contributed by atoms with Crippen LogP contribution in [0.25, 0.3) is 6.08 Å². The zero-order valence-electron chi connectivity index (χ0n) is 21.8. The van der Waals surface area contributed by atoms with Gasteiger partial charge in [0.05, 0.1) is 12.3 Å². The molecule has 0 atom stereocenters. The molecular formula is C31H29FN2O4S. The Morgan fingerprint density at radius 2 is 1.79 bits per heavy atom. The molecule has 2 amide bonds. The number of rotatable bonds is 10. The Morgan fingerprint density at radius 3 is 2.46 bits per heavy atom. The smallest absolute Gasteiger partial charge is 0.270 e. The molecule has 8 heteroatoms. The van der Waals surface area contributed by atoms with Gasteiger partial charge in [0.2, 0.25) is 0 Å². The molecule has 3 aromatic carbocycles. The van der Waals surface area contributed by atoms with E-state index in [-0.39, 0.29) is 23.1 Å². The molecule has 6 nitrogen and oxygen atoms in total. The third-order valence-electron chi connectivity index (χ3n) is 6.11. The van der Waals surface area contributed by atoms with E-state index in [1.165, 1.54) is 23.1 Å². The highest BCUT2D eigenvalue weighted by atomic mass is 32.1. The number of nitrogens with zero attached hydrogens (tertiary/aromatic N) is 1. The third kappa shape index (κ3) is 6.41. The van der Waals surface area contributed by atoms with Crippen LogP contribution in [-0.4, -0.2) is 23.5 Å². The van der Waals surface area contributed by atoms with E-state index in [1.54, 1.807) is 36.4 Å². The minimum atomic E-state index is -0.582. The number of halogens is 1. The van der Waals surface area contributed by atoms with Crippen LogP contribution in [0.1, 0.15) is 36.1 Å². The lowest BCUT2D eigenvalue weighted by atomic mass is 10.0. The summed E-state index contributed by atoms with van der Waals surface area (Å²) >= 11 is 5.32. The molecule has 1 aliphatic rings. The van der Waals surface area contributed by atoms with Crippen molar-refractivity contribution in [2.24, 2.45) is 0 Å². The van der Waals surface area contributed by atoms with Crippen LogP contribution in [0.4, 0.5) is 10.1 Å². The quantitative estimate of drug-likeness (QED) is 0.148. The standard InChI is InChI=1S/C31H29FN2O4S/c1-4-8-23-15-22(18-27(37-6-3)28(23)38-19-21-9-7-10-24(32)16-21)17-26-29(35)33-31(39)34(30(26)36)25-13-11-20(5-2)12-14-25/h4,7,9-18H,1,5-6,8,19H2,2-3H3,(H,33,35,39)/b26-17+. The van der Waals surface area contributed by atoms with Gasteiger partial charge in [-0.05, 0) is 91.1 Å². The van der Waals surface area contributed by atoms with E-state index in [9.17, 15) is 14.0 Å². The lowest BCUT2D eigenvalue weighted by Crippen LogP contribution is -2.54. The van der Waals surface area contributed by atoms with Crippen molar-refractivity contribution < 1.29 is 23.5 Å². The number of anilines is 1. The highest BCUT2D eigenvalue weighted by Gasteiger charge is 2.34. The van der Waals surface area contributed by atoms with Crippen molar-refractivity contribution in [1.29, 1.82) is 0 Å². The fourth-order valence-electron chi connectivity index (χ4n) is 4.22. The van der Waals surface area contributed by atoms with Gasteiger partial charge >= 0.3 is 0 Å². The van der Waals surface area contributed by atoms with E-state index in [0.29, 0.717) is 41.3 Å². The summed E-state index contributed by atoms with van der Waals surface area (Å²) < 4.78 is 25.6. The maximum Gasteiger partial charge on any atom is 0.270 e. The number of hydrogen-bond acceptors (Lipinski definition) is 5.